The molecule has 2 aromatic carbocycles. The van der Waals surface area contributed by atoms with Gasteiger partial charge in [0.05, 0.1) is 5.56 Å². The summed E-state index contributed by atoms with van der Waals surface area (Å²) in [7, 11) is 0. The van der Waals surface area contributed by atoms with Gasteiger partial charge in [-0.1, -0.05) is 12.1 Å². The summed E-state index contributed by atoms with van der Waals surface area (Å²) >= 11 is 0. The Balaban J connectivity index is 2.38. The van der Waals surface area contributed by atoms with Gasteiger partial charge in [-0.25, -0.2) is 0 Å². The largest absolute Gasteiger partial charge is 0.508 e. The summed E-state index contributed by atoms with van der Waals surface area (Å²) in [6.45, 7) is 0. The van der Waals surface area contributed by atoms with Gasteiger partial charge in [0.15, 0.2) is 11.5 Å². The molecule has 0 spiro atoms. The molecule has 6 heteroatoms. The smallest absolute Gasteiger partial charge is 0.204 e. The zero-order chi connectivity index (χ0) is 15.1. The van der Waals surface area contributed by atoms with Crippen molar-refractivity contribution in [2.24, 2.45) is 0 Å². The van der Waals surface area contributed by atoms with E-state index in [1.165, 1.54) is 24.3 Å². The molecule has 0 aliphatic rings. The minimum Gasteiger partial charge on any atom is -0.508 e. The SMILES string of the molecule is O=c1c(-c2cccc(O)c2O)coc2cc(O)cc(O)c12. The summed E-state index contributed by atoms with van der Waals surface area (Å²) in [6.07, 6.45) is 1.10. The van der Waals surface area contributed by atoms with Gasteiger partial charge in [-0.3, -0.25) is 4.79 Å². The lowest BCUT2D eigenvalue weighted by atomic mass is 10.0. The molecular weight excluding hydrogens is 276 g/mol. The van der Waals surface area contributed by atoms with Crippen LogP contribution in [0.1, 0.15) is 0 Å². The van der Waals surface area contributed by atoms with Crippen LogP contribution in [0.25, 0.3) is 22.1 Å². The molecule has 0 aliphatic carbocycles. The molecular formula is C15H10O6. The molecule has 1 heterocycles. The molecule has 0 atom stereocenters. The van der Waals surface area contributed by atoms with Crippen LogP contribution in [-0.2, 0) is 0 Å². The van der Waals surface area contributed by atoms with Gasteiger partial charge in [-0.2, -0.15) is 0 Å². The number of aromatic hydroxyl groups is 4. The Hall–Kier alpha value is -3.15. The van der Waals surface area contributed by atoms with Crippen molar-refractivity contribution in [3.8, 4) is 34.1 Å². The van der Waals surface area contributed by atoms with Gasteiger partial charge in [0.25, 0.3) is 0 Å². The highest BCUT2D eigenvalue weighted by atomic mass is 16.3. The van der Waals surface area contributed by atoms with Crippen molar-refractivity contribution in [3.05, 3.63) is 46.8 Å². The molecule has 106 valence electrons. The van der Waals surface area contributed by atoms with Gasteiger partial charge in [0.1, 0.15) is 28.7 Å². The first-order chi connectivity index (χ1) is 9.99. The second-order valence-corrected chi connectivity index (χ2v) is 4.49. The number of hydrogen-bond donors (Lipinski definition) is 4. The third-order valence-corrected chi connectivity index (χ3v) is 3.15. The maximum absolute atomic E-state index is 12.4. The van der Waals surface area contributed by atoms with Gasteiger partial charge in [0.2, 0.25) is 5.43 Å². The van der Waals surface area contributed by atoms with Gasteiger partial charge in [0, 0.05) is 17.7 Å². The minimum absolute atomic E-state index is 0.0147. The zero-order valence-corrected chi connectivity index (χ0v) is 10.6. The molecule has 0 amide bonds. The monoisotopic (exact) mass is 286 g/mol. The topological polar surface area (TPSA) is 111 Å². The summed E-state index contributed by atoms with van der Waals surface area (Å²) < 4.78 is 5.22. The van der Waals surface area contributed by atoms with Crippen molar-refractivity contribution in [2.45, 2.75) is 0 Å². The van der Waals surface area contributed by atoms with E-state index in [0.29, 0.717) is 0 Å². The van der Waals surface area contributed by atoms with E-state index < -0.39 is 16.9 Å². The standard InChI is InChI=1S/C15H10O6/c16-7-4-11(18)13-12(5-7)21-6-9(15(13)20)8-2-1-3-10(17)14(8)19/h1-6,16-19H. The summed E-state index contributed by atoms with van der Waals surface area (Å²) in [5, 5.41) is 38.4. The first kappa shape index (κ1) is 12.9. The Labute approximate surface area is 117 Å². The van der Waals surface area contributed by atoms with E-state index in [1.54, 1.807) is 0 Å². The van der Waals surface area contributed by atoms with E-state index >= 15 is 0 Å². The average molecular weight is 286 g/mol. The number of fused-ring (bicyclic) bond motifs is 1. The van der Waals surface area contributed by atoms with E-state index in [2.05, 4.69) is 0 Å². The van der Waals surface area contributed by atoms with Crippen molar-refractivity contribution < 1.29 is 24.8 Å². The molecule has 0 saturated heterocycles. The maximum atomic E-state index is 12.4. The number of hydrogen-bond acceptors (Lipinski definition) is 6. The number of para-hydroxylation sites is 1. The van der Waals surface area contributed by atoms with Crippen LogP contribution in [-0.4, -0.2) is 20.4 Å². The van der Waals surface area contributed by atoms with Crippen LogP contribution in [0.3, 0.4) is 0 Å². The third-order valence-electron chi connectivity index (χ3n) is 3.15. The van der Waals surface area contributed by atoms with Gasteiger partial charge >= 0.3 is 0 Å². The fourth-order valence-electron chi connectivity index (χ4n) is 2.15. The average Bonchev–Trinajstić information content (AvgIpc) is 2.42. The minimum atomic E-state index is -0.588. The van der Waals surface area contributed by atoms with Crippen molar-refractivity contribution in [3.63, 3.8) is 0 Å². The molecule has 0 aliphatic heterocycles. The fourth-order valence-corrected chi connectivity index (χ4v) is 2.15. The van der Waals surface area contributed by atoms with Crippen LogP contribution in [0, 0.1) is 0 Å². The lowest BCUT2D eigenvalue weighted by molar-refractivity contribution is 0.405. The molecule has 1 aromatic heterocycles. The van der Waals surface area contributed by atoms with E-state index in [9.17, 15) is 25.2 Å². The quantitative estimate of drug-likeness (QED) is 0.511. The van der Waals surface area contributed by atoms with Gasteiger partial charge in [-0.05, 0) is 6.07 Å². The molecule has 0 saturated carbocycles. The number of benzene rings is 2. The van der Waals surface area contributed by atoms with Gasteiger partial charge < -0.3 is 24.8 Å². The lowest BCUT2D eigenvalue weighted by Crippen LogP contribution is -2.05. The van der Waals surface area contributed by atoms with Crippen molar-refractivity contribution in [1.29, 1.82) is 0 Å². The van der Waals surface area contributed by atoms with Crippen molar-refractivity contribution in [2.75, 3.05) is 0 Å². The Kier molecular flexibility index (Phi) is 2.72. The highest BCUT2D eigenvalue weighted by molar-refractivity contribution is 5.88. The van der Waals surface area contributed by atoms with Crippen LogP contribution < -0.4 is 5.43 Å². The zero-order valence-electron chi connectivity index (χ0n) is 10.6. The molecule has 0 fully saturated rings. The Morgan fingerprint density at radius 2 is 1.67 bits per heavy atom. The predicted octanol–water partition coefficient (Wildman–Crippen LogP) is 2.28. The van der Waals surface area contributed by atoms with Crippen molar-refractivity contribution >= 4 is 11.0 Å². The highest BCUT2D eigenvalue weighted by Crippen LogP contribution is 2.36. The summed E-state index contributed by atoms with van der Waals surface area (Å²) in [6, 6.07) is 6.39. The molecule has 3 aromatic rings. The Bertz CT molecular complexity index is 910. The van der Waals surface area contributed by atoms with E-state index in [-0.39, 0.29) is 33.6 Å². The molecule has 4 N–H and O–H groups in total. The molecule has 0 unspecified atom stereocenters. The normalized spacial score (nSPS) is 10.9. The summed E-state index contributed by atoms with van der Waals surface area (Å²) in [5.74, 6) is -1.50. The van der Waals surface area contributed by atoms with E-state index in [4.69, 9.17) is 4.42 Å². The predicted molar refractivity (Wildman–Crippen MR) is 74.6 cm³/mol. The van der Waals surface area contributed by atoms with E-state index in [0.717, 1.165) is 12.3 Å². The van der Waals surface area contributed by atoms with Crippen LogP contribution in [0.15, 0.2) is 45.8 Å². The third kappa shape index (κ3) is 1.93. The summed E-state index contributed by atoms with van der Waals surface area (Å²) in [4.78, 5) is 12.4. The van der Waals surface area contributed by atoms with Gasteiger partial charge in [-0.15, -0.1) is 0 Å². The second kappa shape index (κ2) is 4.45. The Morgan fingerprint density at radius 1 is 0.905 bits per heavy atom. The van der Waals surface area contributed by atoms with Crippen LogP contribution in [0.5, 0.6) is 23.0 Å². The maximum Gasteiger partial charge on any atom is 0.204 e. The first-order valence-electron chi connectivity index (χ1n) is 5.98. The fraction of sp³-hybridized carbons (Fsp3) is 0. The second-order valence-electron chi connectivity index (χ2n) is 4.49. The number of rotatable bonds is 1. The van der Waals surface area contributed by atoms with Crippen LogP contribution >= 0.6 is 0 Å². The number of phenolic OH excluding ortho intramolecular Hbond substituents is 4. The van der Waals surface area contributed by atoms with E-state index in [1.807, 2.05) is 0 Å². The first-order valence-corrected chi connectivity index (χ1v) is 5.98. The molecule has 0 radical (unpaired) electrons. The van der Waals surface area contributed by atoms with Crippen LogP contribution in [0.2, 0.25) is 0 Å². The highest BCUT2D eigenvalue weighted by Gasteiger charge is 2.17. The molecule has 3 rings (SSSR count). The lowest BCUT2D eigenvalue weighted by Gasteiger charge is -2.07. The molecule has 6 nitrogen and oxygen atoms in total. The van der Waals surface area contributed by atoms with Crippen LogP contribution in [0.4, 0.5) is 0 Å². The summed E-state index contributed by atoms with van der Waals surface area (Å²) in [5.41, 5.74) is -0.509. The molecule has 0 bridgehead atoms. The Morgan fingerprint density at radius 3 is 2.43 bits per heavy atom. The number of phenols is 4. The molecule has 21 heavy (non-hydrogen) atoms. The van der Waals surface area contributed by atoms with Crippen molar-refractivity contribution in [1.82, 2.24) is 0 Å².